The summed E-state index contributed by atoms with van der Waals surface area (Å²) in [6, 6.07) is 18.3. The van der Waals surface area contributed by atoms with Gasteiger partial charge in [-0.1, -0.05) is 49.4 Å². The van der Waals surface area contributed by atoms with E-state index >= 15 is 0 Å². The van der Waals surface area contributed by atoms with E-state index in [1.54, 1.807) is 66.7 Å². The lowest BCUT2D eigenvalue weighted by atomic mass is 9.83. The van der Waals surface area contributed by atoms with E-state index in [9.17, 15) is 24.0 Å². The van der Waals surface area contributed by atoms with Crippen molar-refractivity contribution >= 4 is 52.5 Å². The average Bonchev–Trinajstić information content (AvgIpc) is 2.89. The van der Waals surface area contributed by atoms with E-state index in [1.165, 1.54) is 11.8 Å². The van der Waals surface area contributed by atoms with Gasteiger partial charge in [-0.2, -0.15) is 0 Å². The number of rotatable bonds is 8. The van der Waals surface area contributed by atoms with Crippen molar-refractivity contribution in [3.05, 3.63) is 101 Å². The van der Waals surface area contributed by atoms with Crippen LogP contribution in [0.4, 0.5) is 11.4 Å². The smallest absolute Gasteiger partial charge is 0.328 e. The number of carbonyl (C=O) groups is 5. The van der Waals surface area contributed by atoms with E-state index in [4.69, 9.17) is 5.11 Å². The third-order valence-electron chi connectivity index (χ3n) is 5.63. The van der Waals surface area contributed by atoms with Crippen LogP contribution in [0, 0.1) is 0 Å². The molecule has 8 nitrogen and oxygen atoms in total. The normalized spacial score (nSPS) is 13.0. The molecule has 0 bridgehead atoms. The number of carboxylic acids is 1. The first-order chi connectivity index (χ1) is 17.8. The summed E-state index contributed by atoms with van der Waals surface area (Å²) >= 11 is 1.28. The molecule has 1 atom stereocenters. The van der Waals surface area contributed by atoms with Gasteiger partial charge in [0.2, 0.25) is 11.8 Å². The van der Waals surface area contributed by atoms with Crippen LogP contribution in [-0.2, 0) is 14.4 Å². The van der Waals surface area contributed by atoms with E-state index in [-0.39, 0.29) is 34.3 Å². The fourth-order valence-electron chi connectivity index (χ4n) is 3.93. The number of carboxylic acid groups (broad SMARTS) is 1. The molecule has 3 aromatic rings. The highest BCUT2D eigenvalue weighted by Gasteiger charge is 2.32. The fraction of sp³-hybridized carbons (Fsp3) is 0.107. The van der Waals surface area contributed by atoms with E-state index in [0.29, 0.717) is 28.1 Å². The van der Waals surface area contributed by atoms with Crippen molar-refractivity contribution in [3.8, 4) is 0 Å². The SMILES string of the molecule is CCC(Sc1cccc(NC(=O)/C=C/C(=O)O)c1)C(=O)Nc1cccc2c1C(=O)c1ccccc1C2=O. The Bertz CT molecular complexity index is 1460. The van der Waals surface area contributed by atoms with Gasteiger partial charge in [0, 0.05) is 39.4 Å². The Labute approximate surface area is 216 Å². The van der Waals surface area contributed by atoms with E-state index < -0.39 is 17.1 Å². The minimum absolute atomic E-state index is 0.179. The van der Waals surface area contributed by atoms with Crippen LogP contribution in [0.3, 0.4) is 0 Å². The van der Waals surface area contributed by atoms with Crippen molar-refractivity contribution in [1.82, 2.24) is 0 Å². The first-order valence-electron chi connectivity index (χ1n) is 11.4. The van der Waals surface area contributed by atoms with E-state index in [2.05, 4.69) is 10.6 Å². The maximum absolute atomic E-state index is 13.2. The molecule has 3 aromatic carbocycles. The number of hydrogen-bond donors (Lipinski definition) is 3. The summed E-state index contributed by atoms with van der Waals surface area (Å²) in [6.45, 7) is 1.85. The summed E-state index contributed by atoms with van der Waals surface area (Å²) in [5, 5.41) is 13.5. The molecule has 1 unspecified atom stereocenters. The molecule has 37 heavy (non-hydrogen) atoms. The monoisotopic (exact) mass is 514 g/mol. The molecule has 1 aliphatic carbocycles. The average molecular weight is 515 g/mol. The predicted octanol–water partition coefficient (Wildman–Crippen LogP) is 4.55. The molecule has 0 spiro atoms. The van der Waals surface area contributed by atoms with Gasteiger partial charge in [0.05, 0.1) is 16.5 Å². The zero-order valence-corrected chi connectivity index (χ0v) is 20.5. The Morgan fingerprint density at radius 2 is 1.54 bits per heavy atom. The fourth-order valence-corrected chi connectivity index (χ4v) is 4.94. The predicted molar refractivity (Wildman–Crippen MR) is 140 cm³/mol. The van der Waals surface area contributed by atoms with E-state index in [0.717, 1.165) is 12.2 Å². The Balaban J connectivity index is 1.51. The molecule has 0 aliphatic heterocycles. The molecule has 1 aliphatic rings. The van der Waals surface area contributed by atoms with Crippen molar-refractivity contribution in [1.29, 1.82) is 0 Å². The Morgan fingerprint density at radius 3 is 2.24 bits per heavy atom. The number of carbonyl (C=O) groups excluding carboxylic acids is 4. The number of fused-ring (bicyclic) bond motifs is 2. The number of benzene rings is 3. The Morgan fingerprint density at radius 1 is 0.865 bits per heavy atom. The van der Waals surface area contributed by atoms with Gasteiger partial charge in [0.15, 0.2) is 11.6 Å². The van der Waals surface area contributed by atoms with Crippen LogP contribution in [0.25, 0.3) is 0 Å². The molecule has 9 heteroatoms. The van der Waals surface area contributed by atoms with Crippen LogP contribution < -0.4 is 10.6 Å². The van der Waals surface area contributed by atoms with Crippen LogP contribution in [-0.4, -0.2) is 39.7 Å². The van der Waals surface area contributed by atoms with Crippen molar-refractivity contribution in [2.45, 2.75) is 23.5 Å². The molecular formula is C28H22N2O6S. The standard InChI is InChI=1S/C28H22N2O6S/c1-2-22(37-17-8-5-7-16(15-17)29-23(31)13-14-24(32)33)28(36)30-21-12-6-11-20-25(21)27(35)19-10-4-3-9-18(19)26(20)34/h3-15,22H,2H2,1H3,(H,29,31)(H,30,36)(H,32,33)/b14-13+. The second-order valence-electron chi connectivity index (χ2n) is 8.12. The molecule has 2 amide bonds. The summed E-state index contributed by atoms with van der Waals surface area (Å²) in [7, 11) is 0. The minimum atomic E-state index is -1.23. The van der Waals surface area contributed by atoms with Crippen molar-refractivity contribution in [3.63, 3.8) is 0 Å². The van der Waals surface area contributed by atoms with Gasteiger partial charge in [0.25, 0.3) is 0 Å². The molecule has 0 saturated carbocycles. The highest BCUT2D eigenvalue weighted by atomic mass is 32.2. The maximum atomic E-state index is 13.2. The summed E-state index contributed by atoms with van der Waals surface area (Å²) in [5.74, 6) is -2.74. The quantitative estimate of drug-likeness (QED) is 0.232. The van der Waals surface area contributed by atoms with Gasteiger partial charge < -0.3 is 15.7 Å². The number of thioether (sulfide) groups is 1. The van der Waals surface area contributed by atoms with Gasteiger partial charge in [-0.25, -0.2) is 4.79 Å². The van der Waals surface area contributed by atoms with E-state index in [1.807, 2.05) is 6.92 Å². The highest BCUT2D eigenvalue weighted by molar-refractivity contribution is 8.00. The Hall–Kier alpha value is -4.50. The number of nitrogens with one attached hydrogen (secondary N) is 2. The summed E-state index contributed by atoms with van der Waals surface area (Å²) in [6.07, 6.45) is 2.12. The lowest BCUT2D eigenvalue weighted by molar-refractivity contribution is -0.131. The van der Waals surface area contributed by atoms with Crippen molar-refractivity contribution in [2.24, 2.45) is 0 Å². The number of amides is 2. The van der Waals surface area contributed by atoms with Crippen LogP contribution in [0.5, 0.6) is 0 Å². The number of aliphatic carboxylic acids is 1. The van der Waals surface area contributed by atoms with Crippen LogP contribution in [0.15, 0.2) is 83.8 Å². The lowest BCUT2D eigenvalue weighted by Crippen LogP contribution is -2.28. The van der Waals surface area contributed by atoms with Crippen LogP contribution in [0.2, 0.25) is 0 Å². The molecule has 0 aromatic heterocycles. The molecule has 3 N–H and O–H groups in total. The molecular weight excluding hydrogens is 492 g/mol. The first-order valence-corrected chi connectivity index (χ1v) is 12.3. The molecule has 0 fully saturated rings. The summed E-state index contributed by atoms with van der Waals surface area (Å²) in [5.41, 5.74) is 1.80. The van der Waals surface area contributed by atoms with Crippen molar-refractivity contribution in [2.75, 3.05) is 10.6 Å². The second kappa shape index (κ2) is 11.0. The van der Waals surface area contributed by atoms with Crippen LogP contribution >= 0.6 is 11.8 Å². The summed E-state index contributed by atoms with van der Waals surface area (Å²) < 4.78 is 0. The topological polar surface area (TPSA) is 130 Å². The molecule has 0 saturated heterocycles. The van der Waals surface area contributed by atoms with Crippen LogP contribution in [0.1, 0.15) is 45.2 Å². The molecule has 0 radical (unpaired) electrons. The van der Waals surface area contributed by atoms with Gasteiger partial charge >= 0.3 is 5.97 Å². The minimum Gasteiger partial charge on any atom is -0.478 e. The zero-order chi connectivity index (χ0) is 26.5. The van der Waals surface area contributed by atoms with Gasteiger partial charge in [-0.15, -0.1) is 11.8 Å². The maximum Gasteiger partial charge on any atom is 0.328 e. The lowest BCUT2D eigenvalue weighted by Gasteiger charge is -2.21. The first kappa shape index (κ1) is 25.6. The highest BCUT2D eigenvalue weighted by Crippen LogP contribution is 2.33. The van der Waals surface area contributed by atoms with Gasteiger partial charge in [0.1, 0.15) is 0 Å². The molecule has 4 rings (SSSR count). The van der Waals surface area contributed by atoms with Crippen molar-refractivity contribution < 1.29 is 29.1 Å². The third-order valence-corrected chi connectivity index (χ3v) is 6.99. The van der Waals surface area contributed by atoms with Gasteiger partial charge in [-0.05, 0) is 30.7 Å². The zero-order valence-electron chi connectivity index (χ0n) is 19.7. The summed E-state index contributed by atoms with van der Waals surface area (Å²) in [4.78, 5) is 62.6. The second-order valence-corrected chi connectivity index (χ2v) is 9.40. The number of anilines is 2. The Kier molecular flexibility index (Phi) is 7.64. The molecule has 0 heterocycles. The number of ketones is 2. The number of hydrogen-bond acceptors (Lipinski definition) is 6. The van der Waals surface area contributed by atoms with Gasteiger partial charge in [-0.3, -0.25) is 19.2 Å². The largest absolute Gasteiger partial charge is 0.478 e. The third kappa shape index (κ3) is 5.68. The molecule has 186 valence electrons.